The Bertz CT molecular complexity index is 115. The van der Waals surface area contributed by atoms with Crippen molar-refractivity contribution in [2.75, 3.05) is 0 Å². The molecule has 0 nitrogen and oxygen atoms in total. The minimum absolute atomic E-state index is 1.06. The third-order valence-electron chi connectivity index (χ3n) is 3.69. The molecule has 3 atom stereocenters. The van der Waals surface area contributed by atoms with E-state index in [9.17, 15) is 0 Å². The largest absolute Gasteiger partial charge is 0.0683 e. The standard InChI is InChI=1S/C10H18.C2H6/c1-8-6-7-9-4-2-3-5-10(8)9;1-2/h8-10H,2-7H2,1H3;1-2H3. The van der Waals surface area contributed by atoms with E-state index >= 15 is 0 Å². The van der Waals surface area contributed by atoms with Gasteiger partial charge in [-0.25, -0.2) is 0 Å². The molecule has 2 rings (SSSR count). The summed E-state index contributed by atoms with van der Waals surface area (Å²) in [6, 6.07) is 0. The van der Waals surface area contributed by atoms with Crippen LogP contribution in [0.15, 0.2) is 0 Å². The molecule has 3 unspecified atom stereocenters. The van der Waals surface area contributed by atoms with E-state index in [2.05, 4.69) is 6.92 Å². The molecule has 0 aromatic carbocycles. The molecule has 0 bridgehead atoms. The molecule has 0 amide bonds. The Kier molecular flexibility index (Phi) is 4.11. The highest BCUT2D eigenvalue weighted by Gasteiger charge is 2.34. The van der Waals surface area contributed by atoms with Crippen LogP contribution < -0.4 is 0 Å². The molecule has 0 aliphatic heterocycles. The molecule has 2 aliphatic carbocycles. The van der Waals surface area contributed by atoms with Gasteiger partial charge in [0.25, 0.3) is 0 Å². The maximum Gasteiger partial charge on any atom is -0.0360 e. The first-order valence-electron chi connectivity index (χ1n) is 5.88. The van der Waals surface area contributed by atoms with Crippen LogP contribution in [0.1, 0.15) is 59.3 Å². The van der Waals surface area contributed by atoms with E-state index in [1.54, 1.807) is 19.3 Å². The van der Waals surface area contributed by atoms with Crippen molar-refractivity contribution in [3.8, 4) is 0 Å². The molecule has 2 saturated carbocycles. The van der Waals surface area contributed by atoms with Crippen molar-refractivity contribution in [2.24, 2.45) is 17.8 Å². The maximum absolute atomic E-state index is 2.45. The highest BCUT2D eigenvalue weighted by molar-refractivity contribution is 4.85. The van der Waals surface area contributed by atoms with Gasteiger partial charge < -0.3 is 0 Å². The van der Waals surface area contributed by atoms with Crippen LogP contribution in [-0.2, 0) is 0 Å². The van der Waals surface area contributed by atoms with Crippen molar-refractivity contribution < 1.29 is 0 Å². The molecule has 0 heterocycles. The van der Waals surface area contributed by atoms with Crippen LogP contribution in [0, 0.1) is 17.8 Å². The van der Waals surface area contributed by atoms with Crippen molar-refractivity contribution in [1.82, 2.24) is 0 Å². The Morgan fingerprint density at radius 1 is 0.833 bits per heavy atom. The number of fused-ring (bicyclic) bond motifs is 1. The SMILES string of the molecule is CC.CC1CCC2CCCCC12. The second kappa shape index (κ2) is 4.89. The molecule has 0 aromatic heterocycles. The minimum Gasteiger partial charge on any atom is -0.0683 e. The first-order chi connectivity index (χ1) is 5.88. The molecular weight excluding hydrogens is 144 g/mol. The topological polar surface area (TPSA) is 0 Å². The van der Waals surface area contributed by atoms with Gasteiger partial charge in [-0.15, -0.1) is 0 Å². The van der Waals surface area contributed by atoms with Crippen molar-refractivity contribution in [1.29, 1.82) is 0 Å². The highest BCUT2D eigenvalue weighted by Crippen LogP contribution is 2.45. The molecule has 72 valence electrons. The summed E-state index contributed by atoms with van der Waals surface area (Å²) in [4.78, 5) is 0. The lowest BCUT2D eigenvalue weighted by Crippen LogP contribution is -2.17. The summed E-state index contributed by atoms with van der Waals surface area (Å²) in [5.41, 5.74) is 0. The average molecular weight is 168 g/mol. The zero-order valence-corrected chi connectivity index (χ0v) is 8.97. The second-order valence-electron chi connectivity index (χ2n) is 4.26. The lowest BCUT2D eigenvalue weighted by molar-refractivity contribution is 0.238. The van der Waals surface area contributed by atoms with Gasteiger partial charge in [-0.3, -0.25) is 0 Å². The molecule has 0 radical (unpaired) electrons. The van der Waals surface area contributed by atoms with E-state index in [0.29, 0.717) is 0 Å². The van der Waals surface area contributed by atoms with Crippen LogP contribution in [-0.4, -0.2) is 0 Å². The monoisotopic (exact) mass is 168 g/mol. The normalized spacial score (nSPS) is 39.8. The third kappa shape index (κ3) is 2.02. The van der Waals surface area contributed by atoms with Gasteiger partial charge in [0.05, 0.1) is 0 Å². The first kappa shape index (κ1) is 10.1. The third-order valence-corrected chi connectivity index (χ3v) is 3.69. The van der Waals surface area contributed by atoms with E-state index < -0.39 is 0 Å². The lowest BCUT2D eigenvalue weighted by Gasteiger charge is -2.27. The van der Waals surface area contributed by atoms with Crippen molar-refractivity contribution in [3.05, 3.63) is 0 Å². The van der Waals surface area contributed by atoms with Crippen LogP contribution >= 0.6 is 0 Å². The number of hydrogen-bond acceptors (Lipinski definition) is 0. The zero-order valence-electron chi connectivity index (χ0n) is 8.97. The number of hydrogen-bond donors (Lipinski definition) is 0. The fraction of sp³-hybridized carbons (Fsp3) is 1.00. The zero-order chi connectivity index (χ0) is 8.97. The predicted octanol–water partition coefficient (Wildman–Crippen LogP) is 4.25. The van der Waals surface area contributed by atoms with Gasteiger partial charge in [0.1, 0.15) is 0 Å². The minimum atomic E-state index is 1.06. The van der Waals surface area contributed by atoms with Crippen LogP contribution in [0.4, 0.5) is 0 Å². The van der Waals surface area contributed by atoms with Crippen molar-refractivity contribution in [3.63, 3.8) is 0 Å². The summed E-state index contributed by atoms with van der Waals surface area (Å²) >= 11 is 0. The van der Waals surface area contributed by atoms with Crippen LogP contribution in [0.5, 0.6) is 0 Å². The molecule has 0 heteroatoms. The quantitative estimate of drug-likeness (QED) is 0.507. The average Bonchev–Trinajstić information content (AvgIpc) is 2.53. The smallest absolute Gasteiger partial charge is 0.0360 e. The predicted molar refractivity (Wildman–Crippen MR) is 55.2 cm³/mol. The van der Waals surface area contributed by atoms with Gasteiger partial charge >= 0.3 is 0 Å². The summed E-state index contributed by atoms with van der Waals surface area (Å²) in [5, 5.41) is 0. The van der Waals surface area contributed by atoms with E-state index in [1.807, 2.05) is 13.8 Å². The maximum atomic E-state index is 2.45. The first-order valence-corrected chi connectivity index (χ1v) is 5.88. The van der Waals surface area contributed by atoms with Crippen LogP contribution in [0.3, 0.4) is 0 Å². The highest BCUT2D eigenvalue weighted by atomic mass is 14.4. The van der Waals surface area contributed by atoms with E-state index in [0.717, 1.165) is 17.8 Å². The fourth-order valence-corrected chi connectivity index (χ4v) is 3.03. The summed E-state index contributed by atoms with van der Waals surface area (Å²) < 4.78 is 0. The lowest BCUT2D eigenvalue weighted by atomic mass is 9.79. The number of rotatable bonds is 0. The van der Waals surface area contributed by atoms with Gasteiger partial charge in [-0.1, -0.05) is 46.5 Å². The van der Waals surface area contributed by atoms with Crippen LogP contribution in [0.25, 0.3) is 0 Å². The Morgan fingerprint density at radius 3 is 2.17 bits per heavy atom. The van der Waals surface area contributed by atoms with Crippen molar-refractivity contribution >= 4 is 0 Å². The summed E-state index contributed by atoms with van der Waals surface area (Å²) in [7, 11) is 0. The van der Waals surface area contributed by atoms with E-state index in [-0.39, 0.29) is 0 Å². The van der Waals surface area contributed by atoms with Crippen LogP contribution in [0.2, 0.25) is 0 Å². The molecule has 2 aliphatic rings. The van der Waals surface area contributed by atoms with Gasteiger partial charge in [0, 0.05) is 0 Å². The van der Waals surface area contributed by atoms with E-state index in [1.165, 1.54) is 19.3 Å². The van der Waals surface area contributed by atoms with Gasteiger partial charge in [-0.2, -0.15) is 0 Å². The molecule has 2 fully saturated rings. The summed E-state index contributed by atoms with van der Waals surface area (Å²) in [6.07, 6.45) is 9.21. The molecule has 0 aromatic rings. The second-order valence-corrected chi connectivity index (χ2v) is 4.26. The van der Waals surface area contributed by atoms with Gasteiger partial charge in [0.2, 0.25) is 0 Å². The summed E-state index contributed by atoms with van der Waals surface area (Å²) in [5.74, 6) is 3.34. The fourth-order valence-electron chi connectivity index (χ4n) is 3.03. The Hall–Kier alpha value is 0. The van der Waals surface area contributed by atoms with E-state index in [4.69, 9.17) is 0 Å². The summed E-state index contributed by atoms with van der Waals surface area (Å²) in [6.45, 7) is 6.45. The molecule has 0 N–H and O–H groups in total. The Labute approximate surface area is 77.7 Å². The molecule has 0 saturated heterocycles. The molecule has 0 spiro atoms. The Morgan fingerprint density at radius 2 is 1.50 bits per heavy atom. The van der Waals surface area contributed by atoms with Gasteiger partial charge in [-0.05, 0) is 30.6 Å². The molecular formula is C12H24. The molecule has 12 heavy (non-hydrogen) atoms. The van der Waals surface area contributed by atoms with Gasteiger partial charge in [0.15, 0.2) is 0 Å². The van der Waals surface area contributed by atoms with Crippen molar-refractivity contribution in [2.45, 2.75) is 59.3 Å². The Balaban J connectivity index is 0.000000336.